The maximum atomic E-state index is 14.1. The van der Waals surface area contributed by atoms with E-state index in [2.05, 4.69) is 10.1 Å². The van der Waals surface area contributed by atoms with Gasteiger partial charge in [0, 0.05) is 31.0 Å². The molecule has 0 unspecified atom stereocenters. The number of anilines is 1. The van der Waals surface area contributed by atoms with Gasteiger partial charge in [-0.1, -0.05) is 0 Å². The van der Waals surface area contributed by atoms with Crippen LogP contribution in [0.2, 0.25) is 0 Å². The number of ether oxygens (including phenoxy) is 2. The number of esters is 1. The maximum absolute atomic E-state index is 14.1. The normalized spacial score (nSPS) is 15.3. The van der Waals surface area contributed by atoms with E-state index in [-0.39, 0.29) is 56.0 Å². The quantitative estimate of drug-likeness (QED) is 0.496. The number of nitrogens with one attached hydrogen (secondary N) is 1. The van der Waals surface area contributed by atoms with Crippen LogP contribution in [0.5, 0.6) is 0 Å². The van der Waals surface area contributed by atoms with Gasteiger partial charge in [-0.25, -0.2) is 12.8 Å². The molecule has 1 amide bonds. The van der Waals surface area contributed by atoms with Crippen LogP contribution < -0.4 is 5.32 Å². The second-order valence-electron chi connectivity index (χ2n) is 5.59. The highest BCUT2D eigenvalue weighted by Crippen LogP contribution is 2.24. The van der Waals surface area contributed by atoms with Crippen LogP contribution in [0.3, 0.4) is 0 Å². The predicted molar refractivity (Wildman–Crippen MR) is 98.6 cm³/mol. The number of rotatable bonds is 8. The molecule has 1 heterocycles. The molecule has 1 aromatic rings. The van der Waals surface area contributed by atoms with Crippen LogP contribution in [0.25, 0.3) is 0 Å². The molecule has 0 bridgehead atoms. The molecule has 1 fully saturated rings. The molecule has 11 heteroatoms. The van der Waals surface area contributed by atoms with E-state index in [0.717, 1.165) is 16.4 Å². The molecule has 1 aliphatic rings. The summed E-state index contributed by atoms with van der Waals surface area (Å²) in [5.74, 6) is -1.10. The summed E-state index contributed by atoms with van der Waals surface area (Å²) >= 11 is 1.24. The molecule has 0 spiro atoms. The van der Waals surface area contributed by atoms with E-state index in [4.69, 9.17) is 4.74 Å². The number of amides is 1. The fourth-order valence-corrected chi connectivity index (χ4v) is 4.56. The first-order valence-corrected chi connectivity index (χ1v) is 10.8. The Kier molecular flexibility index (Phi) is 8.02. The lowest BCUT2D eigenvalue weighted by Crippen LogP contribution is -2.40. The molecule has 0 atom stereocenters. The van der Waals surface area contributed by atoms with Crippen LogP contribution in [0, 0.1) is 5.82 Å². The van der Waals surface area contributed by atoms with Gasteiger partial charge in [0.1, 0.15) is 10.7 Å². The molecule has 1 aromatic carbocycles. The molecule has 150 valence electrons. The van der Waals surface area contributed by atoms with E-state index in [0.29, 0.717) is 5.75 Å². The summed E-state index contributed by atoms with van der Waals surface area (Å²) in [6.07, 6.45) is 0.116. The van der Waals surface area contributed by atoms with Crippen molar-refractivity contribution in [2.75, 3.05) is 50.2 Å². The van der Waals surface area contributed by atoms with E-state index in [1.807, 2.05) is 0 Å². The van der Waals surface area contributed by atoms with E-state index in [1.165, 1.54) is 24.9 Å². The second-order valence-corrected chi connectivity index (χ2v) is 8.60. The number of sulfonamides is 1. The van der Waals surface area contributed by atoms with Gasteiger partial charge in [-0.3, -0.25) is 9.59 Å². The van der Waals surface area contributed by atoms with Gasteiger partial charge in [-0.15, -0.1) is 11.8 Å². The fourth-order valence-electron chi connectivity index (χ4n) is 2.31. The van der Waals surface area contributed by atoms with Crippen LogP contribution in [0.4, 0.5) is 10.1 Å². The Hall–Kier alpha value is -1.69. The summed E-state index contributed by atoms with van der Waals surface area (Å²) in [4.78, 5) is 22.5. The number of halogens is 1. The number of methoxy groups -OCH3 is 1. The lowest BCUT2D eigenvalue weighted by molar-refractivity contribution is -0.137. The van der Waals surface area contributed by atoms with Crippen LogP contribution in [0.15, 0.2) is 23.1 Å². The molecule has 2 rings (SSSR count). The second kappa shape index (κ2) is 10.0. The molecule has 0 aliphatic carbocycles. The highest BCUT2D eigenvalue weighted by molar-refractivity contribution is 7.99. The summed E-state index contributed by atoms with van der Waals surface area (Å²) < 4.78 is 50.1. The van der Waals surface area contributed by atoms with E-state index in [1.54, 1.807) is 0 Å². The molecule has 1 aliphatic heterocycles. The summed E-state index contributed by atoms with van der Waals surface area (Å²) in [5, 5.41) is 2.54. The van der Waals surface area contributed by atoms with E-state index >= 15 is 0 Å². The Balaban J connectivity index is 1.99. The standard InChI is InChI=1S/C16H21FN2O6S2/c1-24-16(21)11-26-9-4-15(20)18-12-2-3-13(17)14(10-12)27(22,23)19-5-7-25-8-6-19/h2-3,10H,4-9,11H2,1H3,(H,18,20). The molecule has 8 nitrogen and oxygen atoms in total. The van der Waals surface area contributed by atoms with Crippen molar-refractivity contribution in [3.63, 3.8) is 0 Å². The van der Waals surface area contributed by atoms with Gasteiger partial charge in [0.25, 0.3) is 0 Å². The van der Waals surface area contributed by atoms with Gasteiger partial charge in [0.05, 0.1) is 26.1 Å². The van der Waals surface area contributed by atoms with Gasteiger partial charge in [0.2, 0.25) is 15.9 Å². The van der Waals surface area contributed by atoms with Crippen LogP contribution in [-0.2, 0) is 29.1 Å². The molecule has 0 radical (unpaired) electrons. The molecule has 1 saturated heterocycles. The largest absolute Gasteiger partial charge is 0.468 e. The topological polar surface area (TPSA) is 102 Å². The van der Waals surface area contributed by atoms with Crippen LogP contribution in [0.1, 0.15) is 6.42 Å². The molecular formula is C16H21FN2O6S2. The van der Waals surface area contributed by atoms with Gasteiger partial charge >= 0.3 is 5.97 Å². The van der Waals surface area contributed by atoms with Crippen LogP contribution >= 0.6 is 11.8 Å². The third kappa shape index (κ3) is 6.16. The first-order valence-electron chi connectivity index (χ1n) is 8.16. The number of hydrogen-bond donors (Lipinski definition) is 1. The molecule has 0 saturated carbocycles. The average molecular weight is 420 g/mol. The van der Waals surface area contributed by atoms with Crippen molar-refractivity contribution >= 4 is 39.3 Å². The SMILES string of the molecule is COC(=O)CSCCC(=O)Nc1ccc(F)c(S(=O)(=O)N2CCOCC2)c1. The van der Waals surface area contributed by atoms with E-state index in [9.17, 15) is 22.4 Å². The Morgan fingerprint density at radius 2 is 2.04 bits per heavy atom. The number of nitrogens with zero attached hydrogens (tertiary/aromatic N) is 1. The summed E-state index contributed by atoms with van der Waals surface area (Å²) in [7, 11) is -2.73. The fraction of sp³-hybridized carbons (Fsp3) is 0.500. The first kappa shape index (κ1) is 21.6. The smallest absolute Gasteiger partial charge is 0.315 e. The number of thioether (sulfide) groups is 1. The zero-order valence-corrected chi connectivity index (χ0v) is 16.4. The van der Waals surface area contributed by atoms with Gasteiger partial charge in [0.15, 0.2) is 0 Å². The zero-order valence-electron chi connectivity index (χ0n) is 14.8. The van der Waals surface area contributed by atoms with Crippen molar-refractivity contribution in [3.8, 4) is 0 Å². The molecule has 1 N–H and O–H groups in total. The van der Waals surface area contributed by atoms with Crippen LogP contribution in [-0.4, -0.2) is 69.5 Å². The minimum absolute atomic E-state index is 0.116. The first-order chi connectivity index (χ1) is 12.8. The van der Waals surface area contributed by atoms with Crippen molar-refractivity contribution in [1.82, 2.24) is 4.31 Å². The van der Waals surface area contributed by atoms with Crippen molar-refractivity contribution in [2.24, 2.45) is 0 Å². The molecule has 0 aromatic heterocycles. The lowest BCUT2D eigenvalue weighted by Gasteiger charge is -2.26. The third-order valence-electron chi connectivity index (χ3n) is 3.72. The Labute approximate surface area is 161 Å². The molecular weight excluding hydrogens is 399 g/mol. The monoisotopic (exact) mass is 420 g/mol. The number of morpholine rings is 1. The van der Waals surface area contributed by atoms with Gasteiger partial charge in [-0.2, -0.15) is 4.31 Å². The lowest BCUT2D eigenvalue weighted by atomic mass is 10.3. The summed E-state index contributed by atoms with van der Waals surface area (Å²) in [6, 6.07) is 3.42. The van der Waals surface area contributed by atoms with Crippen molar-refractivity contribution < 1.29 is 31.9 Å². The highest BCUT2D eigenvalue weighted by atomic mass is 32.2. The maximum Gasteiger partial charge on any atom is 0.315 e. The van der Waals surface area contributed by atoms with Gasteiger partial charge < -0.3 is 14.8 Å². The van der Waals surface area contributed by atoms with Crippen molar-refractivity contribution in [2.45, 2.75) is 11.3 Å². The third-order valence-corrected chi connectivity index (χ3v) is 6.57. The number of hydrogen-bond acceptors (Lipinski definition) is 7. The number of carbonyl (C=O) groups excluding carboxylic acids is 2. The average Bonchev–Trinajstić information content (AvgIpc) is 2.67. The minimum Gasteiger partial charge on any atom is -0.468 e. The van der Waals surface area contributed by atoms with Crippen molar-refractivity contribution in [1.29, 1.82) is 0 Å². The minimum atomic E-state index is -4.01. The summed E-state index contributed by atoms with van der Waals surface area (Å²) in [6.45, 7) is 0.798. The Morgan fingerprint density at radius 1 is 1.33 bits per heavy atom. The Morgan fingerprint density at radius 3 is 2.70 bits per heavy atom. The van der Waals surface area contributed by atoms with E-state index < -0.39 is 20.7 Å². The zero-order chi connectivity index (χ0) is 19.9. The number of carbonyl (C=O) groups is 2. The summed E-state index contributed by atoms with van der Waals surface area (Å²) in [5.41, 5.74) is 0.186. The predicted octanol–water partition coefficient (Wildman–Crippen LogP) is 1.08. The highest BCUT2D eigenvalue weighted by Gasteiger charge is 2.29. The van der Waals surface area contributed by atoms with Crippen molar-refractivity contribution in [3.05, 3.63) is 24.0 Å². The molecule has 27 heavy (non-hydrogen) atoms. The number of benzene rings is 1. The van der Waals surface area contributed by atoms with Gasteiger partial charge in [-0.05, 0) is 18.2 Å². The Bertz CT molecular complexity index is 781.